The summed E-state index contributed by atoms with van der Waals surface area (Å²) in [6.45, 7) is 0. The van der Waals surface area contributed by atoms with E-state index >= 15 is 0 Å². The van der Waals surface area contributed by atoms with Crippen LogP contribution in [0.3, 0.4) is 0 Å². The summed E-state index contributed by atoms with van der Waals surface area (Å²) in [5.74, 6) is 5.39. The van der Waals surface area contributed by atoms with Gasteiger partial charge in [-0.05, 0) is 24.3 Å². The number of nitrogens with one attached hydrogen (secondary N) is 2. The molecule has 0 radical (unpaired) electrons. The van der Waals surface area contributed by atoms with E-state index in [1.54, 1.807) is 18.2 Å². The van der Waals surface area contributed by atoms with Gasteiger partial charge >= 0.3 is 0 Å². The molecule has 1 aromatic carbocycles. The lowest BCUT2D eigenvalue weighted by Gasteiger charge is -1.97. The largest absolute Gasteiger partial charge is 0.454 e. The molecule has 6 nitrogen and oxygen atoms in total. The fraction of sp³-hybridized carbons (Fsp3) is 0. The second kappa shape index (κ2) is 4.18. The highest BCUT2D eigenvalue weighted by molar-refractivity contribution is 5.97. The molecule has 2 heterocycles. The number of aromatic nitrogens is 1. The lowest BCUT2D eigenvalue weighted by molar-refractivity contribution is 0.0949. The van der Waals surface area contributed by atoms with Crippen molar-refractivity contribution < 1.29 is 9.21 Å². The molecule has 6 N–H and O–H groups in total. The maximum atomic E-state index is 11.4. The van der Waals surface area contributed by atoms with Gasteiger partial charge in [0, 0.05) is 23.4 Å². The van der Waals surface area contributed by atoms with Crippen molar-refractivity contribution >= 4 is 22.7 Å². The van der Waals surface area contributed by atoms with Crippen LogP contribution in [0.2, 0.25) is 0 Å². The number of aromatic amines is 1. The normalized spacial score (nSPS) is 10.8. The number of amides is 1. The molecule has 0 aliphatic heterocycles. The topological polar surface area (TPSA) is 110 Å². The average molecular weight is 256 g/mol. The van der Waals surface area contributed by atoms with Gasteiger partial charge in [-0.2, -0.15) is 0 Å². The van der Waals surface area contributed by atoms with E-state index in [9.17, 15) is 4.79 Å². The molecular formula is C13H12N4O2. The number of rotatable bonds is 2. The number of carbonyl (C=O) groups excluding carboxylic acids is 1. The van der Waals surface area contributed by atoms with E-state index in [4.69, 9.17) is 16.0 Å². The Morgan fingerprint density at radius 2 is 1.95 bits per heavy atom. The molecule has 0 aliphatic rings. The molecule has 6 heteroatoms. The Bertz CT molecular complexity index is 708. The van der Waals surface area contributed by atoms with Crippen LogP contribution < -0.4 is 17.0 Å². The Kier molecular flexibility index (Phi) is 2.50. The number of benzene rings is 1. The summed E-state index contributed by atoms with van der Waals surface area (Å²) in [7, 11) is 0. The quantitative estimate of drug-likeness (QED) is 0.241. The fourth-order valence-corrected chi connectivity index (χ4v) is 1.91. The highest BCUT2D eigenvalue weighted by Crippen LogP contribution is 2.28. The van der Waals surface area contributed by atoms with Gasteiger partial charge in [-0.1, -0.05) is 0 Å². The fourth-order valence-electron chi connectivity index (χ4n) is 1.91. The molecule has 19 heavy (non-hydrogen) atoms. The molecule has 2 aromatic heterocycles. The Morgan fingerprint density at radius 1 is 1.21 bits per heavy atom. The summed E-state index contributed by atoms with van der Waals surface area (Å²) in [5.41, 5.74) is 11.0. The monoisotopic (exact) mass is 256 g/mol. The van der Waals surface area contributed by atoms with E-state index in [0.29, 0.717) is 22.7 Å². The average Bonchev–Trinajstić information content (AvgIpc) is 2.97. The Labute approximate surface area is 108 Å². The van der Waals surface area contributed by atoms with Crippen LogP contribution in [0.1, 0.15) is 10.5 Å². The van der Waals surface area contributed by atoms with Gasteiger partial charge in [0.25, 0.3) is 5.91 Å². The van der Waals surface area contributed by atoms with Crippen LogP contribution in [0, 0.1) is 0 Å². The number of carbonyl (C=O) groups is 1. The zero-order chi connectivity index (χ0) is 13.4. The minimum atomic E-state index is -0.388. The number of fused-ring (bicyclic) bond motifs is 1. The zero-order valence-corrected chi connectivity index (χ0v) is 9.94. The molecule has 0 spiro atoms. The molecule has 0 aliphatic carbocycles. The number of hydrogen-bond donors (Lipinski definition) is 4. The molecule has 0 saturated carbocycles. The van der Waals surface area contributed by atoms with E-state index in [-0.39, 0.29) is 5.91 Å². The van der Waals surface area contributed by atoms with Crippen LogP contribution in [-0.4, -0.2) is 10.9 Å². The second-order valence-corrected chi connectivity index (χ2v) is 4.17. The van der Waals surface area contributed by atoms with Crippen molar-refractivity contribution in [3.8, 4) is 11.3 Å². The molecule has 1 amide bonds. The predicted octanol–water partition coefficient (Wildman–Crippen LogP) is 1.61. The predicted molar refractivity (Wildman–Crippen MR) is 72.1 cm³/mol. The van der Waals surface area contributed by atoms with Crippen LogP contribution in [0.4, 0.5) is 5.69 Å². The standard InChI is InChI=1S/C13H12N4O2/c14-8-3-1-7(2-4-8)11-5-9-12(19-11)6-10(16-9)13(18)17-15/h1-6,16H,14-15H2,(H,17,18). The maximum Gasteiger partial charge on any atom is 0.281 e. The minimum absolute atomic E-state index is 0.361. The lowest BCUT2D eigenvalue weighted by atomic mass is 10.1. The first-order valence-corrected chi connectivity index (χ1v) is 5.67. The van der Waals surface area contributed by atoms with E-state index in [2.05, 4.69) is 10.4 Å². The van der Waals surface area contributed by atoms with Crippen molar-refractivity contribution in [3.05, 3.63) is 42.1 Å². The summed E-state index contributed by atoms with van der Waals surface area (Å²) < 4.78 is 5.68. The highest BCUT2D eigenvalue weighted by Gasteiger charge is 2.12. The van der Waals surface area contributed by atoms with Crippen molar-refractivity contribution in [1.29, 1.82) is 0 Å². The van der Waals surface area contributed by atoms with Crippen molar-refractivity contribution in [2.24, 2.45) is 5.84 Å². The molecule has 3 rings (SSSR count). The third kappa shape index (κ3) is 1.94. The van der Waals surface area contributed by atoms with E-state index < -0.39 is 0 Å². The van der Waals surface area contributed by atoms with Gasteiger partial charge in [0.2, 0.25) is 0 Å². The van der Waals surface area contributed by atoms with Crippen molar-refractivity contribution in [2.75, 3.05) is 5.73 Å². The van der Waals surface area contributed by atoms with Crippen molar-refractivity contribution in [3.63, 3.8) is 0 Å². The SMILES string of the molecule is NNC(=O)c1cc2oc(-c3ccc(N)cc3)cc2[nH]1. The number of anilines is 1. The van der Waals surface area contributed by atoms with Gasteiger partial charge in [0.1, 0.15) is 11.5 Å². The van der Waals surface area contributed by atoms with Gasteiger partial charge in [-0.25, -0.2) is 5.84 Å². The number of hydrogen-bond acceptors (Lipinski definition) is 4. The van der Waals surface area contributed by atoms with Crippen LogP contribution in [0.25, 0.3) is 22.4 Å². The summed E-state index contributed by atoms with van der Waals surface area (Å²) in [5, 5.41) is 0. The number of furan rings is 1. The van der Waals surface area contributed by atoms with Gasteiger partial charge in [0.05, 0.1) is 5.52 Å². The first-order chi connectivity index (χ1) is 9.17. The summed E-state index contributed by atoms with van der Waals surface area (Å²) in [4.78, 5) is 14.3. The van der Waals surface area contributed by atoms with E-state index in [1.807, 2.05) is 18.2 Å². The third-order valence-electron chi connectivity index (χ3n) is 2.88. The maximum absolute atomic E-state index is 11.4. The number of nitrogens with two attached hydrogens (primary N) is 2. The Balaban J connectivity index is 2.01. The van der Waals surface area contributed by atoms with E-state index in [0.717, 1.165) is 11.1 Å². The summed E-state index contributed by atoms with van der Waals surface area (Å²) >= 11 is 0. The number of H-pyrrole nitrogens is 1. The van der Waals surface area contributed by atoms with Crippen molar-refractivity contribution in [2.45, 2.75) is 0 Å². The first kappa shape index (κ1) is 11.4. The second-order valence-electron chi connectivity index (χ2n) is 4.17. The van der Waals surface area contributed by atoms with Gasteiger partial charge < -0.3 is 15.1 Å². The minimum Gasteiger partial charge on any atom is -0.454 e. The number of hydrazine groups is 1. The van der Waals surface area contributed by atoms with Crippen LogP contribution >= 0.6 is 0 Å². The molecule has 0 bridgehead atoms. The molecule has 0 fully saturated rings. The molecule has 96 valence electrons. The molecule has 0 unspecified atom stereocenters. The van der Waals surface area contributed by atoms with Gasteiger partial charge in [-0.15, -0.1) is 0 Å². The highest BCUT2D eigenvalue weighted by atomic mass is 16.3. The first-order valence-electron chi connectivity index (χ1n) is 5.67. The number of nitrogen functional groups attached to an aromatic ring is 2. The van der Waals surface area contributed by atoms with Gasteiger partial charge in [0.15, 0.2) is 5.58 Å². The van der Waals surface area contributed by atoms with Crippen LogP contribution in [0.15, 0.2) is 40.8 Å². The summed E-state index contributed by atoms with van der Waals surface area (Å²) in [6, 6.07) is 10.8. The van der Waals surface area contributed by atoms with Crippen LogP contribution in [0.5, 0.6) is 0 Å². The third-order valence-corrected chi connectivity index (χ3v) is 2.88. The lowest BCUT2D eigenvalue weighted by Crippen LogP contribution is -2.30. The van der Waals surface area contributed by atoms with Crippen LogP contribution in [-0.2, 0) is 0 Å². The molecular weight excluding hydrogens is 244 g/mol. The smallest absolute Gasteiger partial charge is 0.281 e. The summed E-state index contributed by atoms with van der Waals surface area (Å²) in [6.07, 6.45) is 0. The van der Waals surface area contributed by atoms with Crippen molar-refractivity contribution in [1.82, 2.24) is 10.4 Å². The Morgan fingerprint density at radius 3 is 2.58 bits per heavy atom. The zero-order valence-electron chi connectivity index (χ0n) is 9.94. The molecule has 0 atom stereocenters. The Hall–Kier alpha value is -2.73. The molecule has 0 saturated heterocycles. The molecule has 3 aromatic rings. The van der Waals surface area contributed by atoms with Gasteiger partial charge in [-0.3, -0.25) is 10.2 Å². The van der Waals surface area contributed by atoms with E-state index in [1.165, 1.54) is 0 Å².